The van der Waals surface area contributed by atoms with Crippen molar-refractivity contribution in [2.24, 2.45) is 28.9 Å². The summed E-state index contributed by atoms with van der Waals surface area (Å²) in [7, 11) is 0. The van der Waals surface area contributed by atoms with Crippen LogP contribution in [0.3, 0.4) is 0 Å². The van der Waals surface area contributed by atoms with E-state index >= 15 is 0 Å². The molecular weight excluding hydrogens is 446 g/mol. The van der Waals surface area contributed by atoms with Crippen molar-refractivity contribution >= 4 is 22.5 Å². The monoisotopic (exact) mass is 481 g/mol. The standard InChI is InChI=1S/C32H35NO3/c33-19-29(30(34)15-22-7-8-26-3-1-2-4-28(26)14-22)27-9-5-21(6-10-27)20-36-31(35)32-16-23-11-24(17-32)13-25(12-23)18-32/h1-10,14,23-25,29H,11-13,15-20,33H2. The van der Waals surface area contributed by atoms with Crippen LogP contribution in [0.5, 0.6) is 0 Å². The van der Waals surface area contributed by atoms with Gasteiger partial charge in [-0.05, 0) is 83.7 Å². The second-order valence-corrected chi connectivity index (χ2v) is 11.6. The van der Waals surface area contributed by atoms with Crippen molar-refractivity contribution < 1.29 is 14.3 Å². The molecule has 4 aliphatic rings. The smallest absolute Gasteiger partial charge is 0.312 e. The molecule has 36 heavy (non-hydrogen) atoms. The van der Waals surface area contributed by atoms with E-state index in [9.17, 15) is 9.59 Å². The lowest BCUT2D eigenvalue weighted by Crippen LogP contribution is -2.50. The third kappa shape index (κ3) is 4.48. The fraction of sp³-hybridized carbons (Fsp3) is 0.438. The molecule has 3 aromatic carbocycles. The summed E-state index contributed by atoms with van der Waals surface area (Å²) >= 11 is 0. The number of benzene rings is 3. The SMILES string of the molecule is NCC(C(=O)Cc1ccc2ccccc2c1)c1ccc(COC(=O)C23CC4CC(CC(C4)C2)C3)cc1. The number of carbonyl (C=O) groups excluding carboxylic acids is 2. The number of Topliss-reactive ketones (excluding diaryl/α,β-unsaturated/α-hetero) is 1. The molecule has 0 aliphatic heterocycles. The van der Waals surface area contributed by atoms with Gasteiger partial charge in [-0.15, -0.1) is 0 Å². The maximum absolute atomic E-state index is 13.2. The molecule has 4 heteroatoms. The molecule has 0 spiro atoms. The zero-order chi connectivity index (χ0) is 24.7. The predicted molar refractivity (Wildman–Crippen MR) is 141 cm³/mol. The van der Waals surface area contributed by atoms with Crippen LogP contribution in [-0.2, 0) is 27.4 Å². The number of rotatable bonds is 8. The van der Waals surface area contributed by atoms with Gasteiger partial charge in [0.05, 0.1) is 11.3 Å². The van der Waals surface area contributed by atoms with Gasteiger partial charge < -0.3 is 10.5 Å². The molecule has 0 saturated heterocycles. The molecule has 0 aromatic heterocycles. The van der Waals surface area contributed by atoms with Gasteiger partial charge in [-0.1, -0.05) is 66.7 Å². The Bertz CT molecular complexity index is 1240. The average Bonchev–Trinajstić information content (AvgIpc) is 2.87. The quantitative estimate of drug-likeness (QED) is 0.404. The molecule has 1 unspecified atom stereocenters. The molecule has 4 saturated carbocycles. The van der Waals surface area contributed by atoms with E-state index in [1.807, 2.05) is 42.5 Å². The zero-order valence-corrected chi connectivity index (χ0v) is 20.8. The van der Waals surface area contributed by atoms with Crippen molar-refractivity contribution in [2.75, 3.05) is 6.54 Å². The highest BCUT2D eigenvalue weighted by atomic mass is 16.5. The third-order valence-corrected chi connectivity index (χ3v) is 9.04. The molecule has 1 atom stereocenters. The van der Waals surface area contributed by atoms with E-state index in [0.717, 1.165) is 59.1 Å². The van der Waals surface area contributed by atoms with Crippen LogP contribution in [0, 0.1) is 23.2 Å². The third-order valence-electron chi connectivity index (χ3n) is 9.04. The van der Waals surface area contributed by atoms with E-state index in [4.69, 9.17) is 10.5 Å². The molecular formula is C32H35NO3. The van der Waals surface area contributed by atoms with Gasteiger partial charge in [0.2, 0.25) is 0 Å². The molecule has 4 bridgehead atoms. The van der Waals surface area contributed by atoms with Gasteiger partial charge in [-0.25, -0.2) is 0 Å². The number of ketones is 1. The first-order chi connectivity index (χ1) is 17.5. The summed E-state index contributed by atoms with van der Waals surface area (Å²) in [5.41, 5.74) is 8.69. The molecule has 0 radical (unpaired) electrons. The highest BCUT2D eigenvalue weighted by Gasteiger charge is 2.55. The molecule has 4 aliphatic carbocycles. The number of fused-ring (bicyclic) bond motifs is 1. The average molecular weight is 482 g/mol. The first-order valence-electron chi connectivity index (χ1n) is 13.5. The van der Waals surface area contributed by atoms with Crippen molar-refractivity contribution in [3.63, 3.8) is 0 Å². The van der Waals surface area contributed by atoms with Crippen LogP contribution >= 0.6 is 0 Å². The number of nitrogens with two attached hydrogens (primary N) is 1. The van der Waals surface area contributed by atoms with Crippen molar-refractivity contribution in [3.05, 3.63) is 83.4 Å². The molecule has 0 amide bonds. The van der Waals surface area contributed by atoms with Crippen molar-refractivity contribution in [1.82, 2.24) is 0 Å². The second kappa shape index (κ2) is 9.48. The Labute approximate surface area is 213 Å². The van der Waals surface area contributed by atoms with E-state index < -0.39 is 0 Å². The maximum atomic E-state index is 13.2. The Hall–Kier alpha value is -2.98. The van der Waals surface area contributed by atoms with Crippen LogP contribution in [0.15, 0.2) is 66.7 Å². The minimum absolute atomic E-state index is 0.0103. The van der Waals surface area contributed by atoms with Crippen LogP contribution in [-0.4, -0.2) is 18.3 Å². The predicted octanol–water partition coefficient (Wildman–Crippen LogP) is 5.95. The van der Waals surface area contributed by atoms with Crippen molar-refractivity contribution in [1.29, 1.82) is 0 Å². The summed E-state index contributed by atoms with van der Waals surface area (Å²) in [5, 5.41) is 2.31. The fourth-order valence-electron chi connectivity index (χ4n) is 7.64. The van der Waals surface area contributed by atoms with Gasteiger partial charge in [0.1, 0.15) is 12.4 Å². The summed E-state index contributed by atoms with van der Waals surface area (Å²) in [6.45, 7) is 0.561. The Kier molecular flexibility index (Phi) is 6.17. The minimum Gasteiger partial charge on any atom is -0.460 e. The van der Waals surface area contributed by atoms with E-state index in [2.05, 4.69) is 24.3 Å². The van der Waals surface area contributed by atoms with Crippen LogP contribution in [0.1, 0.15) is 61.1 Å². The number of hydrogen-bond donors (Lipinski definition) is 1. The summed E-state index contributed by atoms with van der Waals surface area (Å²) < 4.78 is 5.87. The van der Waals surface area contributed by atoms with Gasteiger partial charge in [-0.3, -0.25) is 9.59 Å². The Morgan fingerprint density at radius 1 is 0.833 bits per heavy atom. The molecule has 2 N–H and O–H groups in total. The van der Waals surface area contributed by atoms with E-state index in [1.165, 1.54) is 24.6 Å². The van der Waals surface area contributed by atoms with Gasteiger partial charge >= 0.3 is 5.97 Å². The van der Waals surface area contributed by atoms with Crippen LogP contribution < -0.4 is 5.73 Å². The largest absolute Gasteiger partial charge is 0.460 e. The highest BCUT2D eigenvalue weighted by molar-refractivity contribution is 5.90. The lowest BCUT2D eigenvalue weighted by atomic mass is 9.49. The molecule has 3 aromatic rings. The second-order valence-electron chi connectivity index (χ2n) is 11.6. The normalized spacial score (nSPS) is 27.2. The Morgan fingerprint density at radius 3 is 2.08 bits per heavy atom. The lowest BCUT2D eigenvalue weighted by molar-refractivity contribution is -0.173. The summed E-state index contributed by atoms with van der Waals surface area (Å²) in [4.78, 5) is 26.3. The topological polar surface area (TPSA) is 69.4 Å². The fourth-order valence-corrected chi connectivity index (χ4v) is 7.64. The molecule has 0 heterocycles. The van der Waals surface area contributed by atoms with E-state index in [-0.39, 0.29) is 29.6 Å². The number of hydrogen-bond acceptors (Lipinski definition) is 4. The minimum atomic E-state index is -0.347. The Morgan fingerprint density at radius 2 is 1.44 bits per heavy atom. The summed E-state index contributed by atoms with van der Waals surface area (Å²) in [6, 6.07) is 22.2. The lowest BCUT2D eigenvalue weighted by Gasteiger charge is -2.55. The molecule has 7 rings (SSSR count). The molecule has 4 nitrogen and oxygen atoms in total. The van der Waals surface area contributed by atoms with Gasteiger partial charge in [0.15, 0.2) is 0 Å². The number of carbonyl (C=O) groups is 2. The first-order valence-corrected chi connectivity index (χ1v) is 13.5. The zero-order valence-electron chi connectivity index (χ0n) is 20.8. The maximum Gasteiger partial charge on any atom is 0.312 e. The van der Waals surface area contributed by atoms with Gasteiger partial charge in [0.25, 0.3) is 0 Å². The van der Waals surface area contributed by atoms with Crippen molar-refractivity contribution in [2.45, 2.75) is 57.5 Å². The van der Waals surface area contributed by atoms with Gasteiger partial charge in [0, 0.05) is 13.0 Å². The number of esters is 1. The summed E-state index contributed by atoms with van der Waals surface area (Å²) in [6.07, 6.45) is 7.37. The Balaban J connectivity index is 1.08. The number of ether oxygens (including phenoxy) is 1. The molecule has 186 valence electrons. The van der Waals surface area contributed by atoms with E-state index in [1.54, 1.807) is 0 Å². The van der Waals surface area contributed by atoms with Gasteiger partial charge in [-0.2, -0.15) is 0 Å². The van der Waals surface area contributed by atoms with Crippen molar-refractivity contribution in [3.8, 4) is 0 Å². The van der Waals surface area contributed by atoms with E-state index in [0.29, 0.717) is 13.0 Å². The summed E-state index contributed by atoms with van der Waals surface area (Å²) in [5.74, 6) is 1.96. The molecule has 4 fully saturated rings. The first kappa shape index (κ1) is 23.4. The van der Waals surface area contributed by atoms with Crippen LogP contribution in [0.2, 0.25) is 0 Å². The van der Waals surface area contributed by atoms with Crippen LogP contribution in [0.4, 0.5) is 0 Å². The highest BCUT2D eigenvalue weighted by Crippen LogP contribution is 2.60. The van der Waals surface area contributed by atoms with Crippen LogP contribution in [0.25, 0.3) is 10.8 Å².